The number of thiophene rings is 1. The normalized spacial score (nSPS) is 12.9. The van der Waals surface area contributed by atoms with Crippen LogP contribution in [0.3, 0.4) is 0 Å². The average Bonchev–Trinajstić information content (AvgIpc) is 3.36. The molecule has 8 heteroatoms. The minimum atomic E-state index is -0.205. The molecular weight excluding hydrogens is 412 g/mol. The summed E-state index contributed by atoms with van der Waals surface area (Å²) in [6, 6.07) is 5.21. The van der Waals surface area contributed by atoms with E-state index in [2.05, 4.69) is 9.97 Å². The Labute approximate surface area is 182 Å². The lowest BCUT2D eigenvalue weighted by atomic mass is 10.2. The number of aryl methyl sites for hydroxylation is 2. The Morgan fingerprint density at radius 1 is 1.29 bits per heavy atom. The van der Waals surface area contributed by atoms with Crippen molar-refractivity contribution in [3.63, 3.8) is 0 Å². The minimum Gasteiger partial charge on any atom is -0.488 e. The Balaban J connectivity index is 1.65. The molecule has 0 aromatic carbocycles. The van der Waals surface area contributed by atoms with Gasteiger partial charge in [-0.2, -0.15) is 0 Å². The number of pyridine rings is 2. The van der Waals surface area contributed by atoms with Crippen LogP contribution in [0.2, 0.25) is 0 Å². The van der Waals surface area contributed by atoms with Crippen LogP contribution >= 0.6 is 11.3 Å². The molecule has 0 bridgehead atoms. The highest BCUT2D eigenvalue weighted by molar-refractivity contribution is 7.18. The predicted octanol–water partition coefficient (Wildman–Crippen LogP) is 3.53. The van der Waals surface area contributed by atoms with Crippen molar-refractivity contribution in [3.05, 3.63) is 73.5 Å². The van der Waals surface area contributed by atoms with Crippen LogP contribution in [0.1, 0.15) is 35.9 Å². The third kappa shape index (κ3) is 3.57. The van der Waals surface area contributed by atoms with Gasteiger partial charge in [-0.15, -0.1) is 11.3 Å². The van der Waals surface area contributed by atoms with Gasteiger partial charge in [-0.05, 0) is 43.4 Å². The Hall–Kier alpha value is -3.26. The van der Waals surface area contributed by atoms with Crippen LogP contribution in [-0.2, 0) is 19.4 Å². The SMILES string of the molecule is CCCOc1c[nH]c(Cn2c(-c3cccnc3)nc3sc4c(c3c2=O)CCC4)cc1=O. The topological polar surface area (TPSA) is 89.9 Å². The molecule has 5 rings (SSSR count). The third-order valence-corrected chi connectivity index (χ3v) is 6.66. The first-order valence-corrected chi connectivity index (χ1v) is 11.3. The van der Waals surface area contributed by atoms with Crippen molar-refractivity contribution in [2.45, 2.75) is 39.2 Å². The van der Waals surface area contributed by atoms with E-state index in [1.807, 2.05) is 19.1 Å². The molecule has 4 heterocycles. The maximum atomic E-state index is 13.6. The average molecular weight is 435 g/mol. The fourth-order valence-electron chi connectivity index (χ4n) is 4.03. The summed E-state index contributed by atoms with van der Waals surface area (Å²) in [5.41, 5.74) is 2.24. The molecule has 0 aliphatic heterocycles. The second-order valence-electron chi connectivity index (χ2n) is 7.64. The predicted molar refractivity (Wildman–Crippen MR) is 121 cm³/mol. The van der Waals surface area contributed by atoms with Crippen molar-refractivity contribution in [2.75, 3.05) is 6.61 Å². The van der Waals surface area contributed by atoms with Crippen LogP contribution < -0.4 is 15.7 Å². The monoisotopic (exact) mass is 434 g/mol. The van der Waals surface area contributed by atoms with E-state index in [-0.39, 0.29) is 23.3 Å². The maximum Gasteiger partial charge on any atom is 0.263 e. The largest absolute Gasteiger partial charge is 0.488 e. The zero-order valence-corrected chi connectivity index (χ0v) is 18.0. The summed E-state index contributed by atoms with van der Waals surface area (Å²) in [6.07, 6.45) is 8.78. The Kier molecular flexibility index (Phi) is 5.15. The first-order valence-electron chi connectivity index (χ1n) is 10.5. The van der Waals surface area contributed by atoms with Gasteiger partial charge in [0.25, 0.3) is 5.56 Å². The number of nitrogens with zero attached hydrogens (tertiary/aromatic N) is 3. The van der Waals surface area contributed by atoms with E-state index in [0.717, 1.165) is 47.0 Å². The Bertz CT molecular complexity index is 1370. The molecule has 0 amide bonds. The lowest BCUT2D eigenvalue weighted by molar-refractivity contribution is 0.313. The summed E-state index contributed by atoms with van der Waals surface area (Å²) < 4.78 is 7.12. The third-order valence-electron chi connectivity index (χ3n) is 5.47. The summed E-state index contributed by atoms with van der Waals surface area (Å²) in [6.45, 7) is 2.68. The van der Waals surface area contributed by atoms with Gasteiger partial charge < -0.3 is 9.72 Å². The van der Waals surface area contributed by atoms with Gasteiger partial charge in [0.05, 0.1) is 18.5 Å². The quantitative estimate of drug-likeness (QED) is 0.501. The van der Waals surface area contributed by atoms with E-state index in [0.29, 0.717) is 18.1 Å². The van der Waals surface area contributed by atoms with Crippen LogP contribution in [-0.4, -0.2) is 26.1 Å². The van der Waals surface area contributed by atoms with E-state index in [1.54, 1.807) is 34.5 Å². The molecule has 0 spiro atoms. The lowest BCUT2D eigenvalue weighted by Gasteiger charge is -2.13. The van der Waals surface area contributed by atoms with Gasteiger partial charge in [0.1, 0.15) is 10.7 Å². The summed E-state index contributed by atoms with van der Waals surface area (Å²) in [5, 5.41) is 0.718. The zero-order valence-electron chi connectivity index (χ0n) is 17.2. The van der Waals surface area contributed by atoms with E-state index in [4.69, 9.17) is 9.72 Å². The minimum absolute atomic E-state index is 0.0737. The van der Waals surface area contributed by atoms with Gasteiger partial charge in [-0.1, -0.05) is 6.92 Å². The molecule has 7 nitrogen and oxygen atoms in total. The number of hydrogen-bond donors (Lipinski definition) is 1. The van der Waals surface area contributed by atoms with E-state index in [1.165, 1.54) is 10.9 Å². The number of H-pyrrole nitrogens is 1. The highest BCUT2D eigenvalue weighted by Crippen LogP contribution is 2.35. The van der Waals surface area contributed by atoms with Crippen LogP contribution in [0.4, 0.5) is 0 Å². The standard InChI is InChI=1S/C23H22N4O3S/c1-2-9-30-18-12-25-15(10-17(18)28)13-27-21(14-5-4-8-24-11-14)26-22-20(23(27)29)16-6-3-7-19(16)31-22/h4-5,8,10-12H,2-3,6-7,9,13H2,1H3,(H,25,28). The van der Waals surface area contributed by atoms with Crippen molar-refractivity contribution < 1.29 is 4.74 Å². The first-order chi connectivity index (χ1) is 15.2. The molecule has 0 atom stereocenters. The second kappa shape index (κ2) is 8.11. The van der Waals surface area contributed by atoms with Gasteiger partial charge >= 0.3 is 0 Å². The number of nitrogens with one attached hydrogen (secondary N) is 1. The van der Waals surface area contributed by atoms with Crippen molar-refractivity contribution in [3.8, 4) is 17.1 Å². The fraction of sp³-hybridized carbons (Fsp3) is 0.304. The van der Waals surface area contributed by atoms with Gasteiger partial charge in [-0.3, -0.25) is 19.1 Å². The second-order valence-corrected chi connectivity index (χ2v) is 8.72. The molecule has 0 saturated carbocycles. The Morgan fingerprint density at radius 2 is 2.19 bits per heavy atom. The van der Waals surface area contributed by atoms with Gasteiger partial charge in [0.15, 0.2) is 5.75 Å². The van der Waals surface area contributed by atoms with E-state index < -0.39 is 0 Å². The zero-order chi connectivity index (χ0) is 21.4. The number of rotatable bonds is 6. The van der Waals surface area contributed by atoms with Crippen LogP contribution in [0.15, 0.2) is 46.4 Å². The van der Waals surface area contributed by atoms with Crippen molar-refractivity contribution in [1.29, 1.82) is 0 Å². The summed E-state index contributed by atoms with van der Waals surface area (Å²) in [5.74, 6) is 0.840. The molecule has 0 fully saturated rings. The molecule has 4 aromatic heterocycles. The van der Waals surface area contributed by atoms with E-state index in [9.17, 15) is 9.59 Å². The van der Waals surface area contributed by atoms with Crippen molar-refractivity contribution >= 4 is 21.6 Å². The summed E-state index contributed by atoms with van der Waals surface area (Å²) in [7, 11) is 0. The molecule has 1 aliphatic carbocycles. The lowest BCUT2D eigenvalue weighted by Crippen LogP contribution is -2.25. The van der Waals surface area contributed by atoms with Gasteiger partial charge in [0, 0.05) is 40.8 Å². The Morgan fingerprint density at radius 3 is 2.97 bits per heavy atom. The van der Waals surface area contributed by atoms with Gasteiger partial charge in [0.2, 0.25) is 5.43 Å². The number of aromatic amines is 1. The first kappa shape index (κ1) is 19.7. The number of hydrogen-bond acceptors (Lipinski definition) is 6. The van der Waals surface area contributed by atoms with Crippen molar-refractivity contribution in [1.82, 2.24) is 19.5 Å². The highest BCUT2D eigenvalue weighted by atomic mass is 32.1. The van der Waals surface area contributed by atoms with Gasteiger partial charge in [-0.25, -0.2) is 4.98 Å². The maximum absolute atomic E-state index is 13.6. The highest BCUT2D eigenvalue weighted by Gasteiger charge is 2.24. The molecule has 31 heavy (non-hydrogen) atoms. The molecule has 0 saturated heterocycles. The fourth-order valence-corrected chi connectivity index (χ4v) is 5.28. The molecular formula is C23H22N4O3S. The number of ether oxygens (including phenoxy) is 1. The molecule has 158 valence electrons. The molecule has 0 radical (unpaired) electrons. The van der Waals surface area contributed by atoms with Crippen LogP contribution in [0.25, 0.3) is 21.6 Å². The summed E-state index contributed by atoms with van der Waals surface area (Å²) >= 11 is 1.62. The number of aromatic nitrogens is 4. The molecule has 1 aliphatic rings. The molecule has 1 N–H and O–H groups in total. The smallest absolute Gasteiger partial charge is 0.263 e. The van der Waals surface area contributed by atoms with Crippen molar-refractivity contribution in [2.24, 2.45) is 0 Å². The van der Waals surface area contributed by atoms with Crippen LogP contribution in [0, 0.1) is 0 Å². The molecule has 0 unspecified atom stereocenters. The summed E-state index contributed by atoms with van der Waals surface area (Å²) in [4.78, 5) is 40.3. The van der Waals surface area contributed by atoms with E-state index >= 15 is 0 Å². The van der Waals surface area contributed by atoms with Crippen LogP contribution in [0.5, 0.6) is 5.75 Å². The number of fused-ring (bicyclic) bond motifs is 3. The molecule has 4 aromatic rings.